The van der Waals surface area contributed by atoms with Gasteiger partial charge in [-0.25, -0.2) is 4.79 Å². The zero-order valence-electron chi connectivity index (χ0n) is 12.6. The van der Waals surface area contributed by atoms with Gasteiger partial charge in [0.25, 0.3) is 0 Å². The molecule has 1 heterocycles. The van der Waals surface area contributed by atoms with E-state index in [0.717, 1.165) is 12.1 Å². The number of hydrogen-bond donors (Lipinski definition) is 1. The number of carbonyl (C=O) groups is 2. The van der Waals surface area contributed by atoms with Gasteiger partial charge in [-0.05, 0) is 37.1 Å². The Bertz CT molecular complexity index is 614. The summed E-state index contributed by atoms with van der Waals surface area (Å²) < 4.78 is 5.34. The molecule has 118 valence electrons. The van der Waals surface area contributed by atoms with Gasteiger partial charge in [-0.2, -0.15) is 0 Å². The summed E-state index contributed by atoms with van der Waals surface area (Å²) >= 11 is 0. The number of hydrogen-bond acceptors (Lipinski definition) is 3. The van der Waals surface area contributed by atoms with Crippen LogP contribution >= 0.6 is 0 Å². The lowest BCUT2D eigenvalue weighted by Gasteiger charge is -2.23. The highest BCUT2D eigenvalue weighted by Crippen LogP contribution is 2.21. The van der Waals surface area contributed by atoms with Gasteiger partial charge in [0.05, 0.1) is 0 Å². The average Bonchev–Trinajstić information content (AvgIpc) is 3.06. The van der Waals surface area contributed by atoms with Crippen molar-refractivity contribution < 1.29 is 14.3 Å². The van der Waals surface area contributed by atoms with E-state index in [2.05, 4.69) is 5.32 Å². The van der Waals surface area contributed by atoms with Gasteiger partial charge in [-0.15, -0.1) is 0 Å². The van der Waals surface area contributed by atoms with E-state index in [1.165, 1.54) is 4.90 Å². The molecular weight excluding hydrogens is 292 g/mol. The molecule has 5 nitrogen and oxygen atoms in total. The molecule has 23 heavy (non-hydrogen) atoms. The number of benzene rings is 2. The molecule has 0 aromatic heterocycles. The summed E-state index contributed by atoms with van der Waals surface area (Å²) in [5, 5.41) is 2.84. The van der Waals surface area contributed by atoms with Crippen LogP contribution in [0.2, 0.25) is 0 Å². The summed E-state index contributed by atoms with van der Waals surface area (Å²) in [6.07, 6.45) is 0.946. The van der Waals surface area contributed by atoms with Gasteiger partial charge in [0.2, 0.25) is 5.91 Å². The van der Waals surface area contributed by atoms with Crippen LogP contribution in [0.5, 0.6) is 5.75 Å². The largest absolute Gasteiger partial charge is 0.415 e. The Kier molecular flexibility index (Phi) is 4.57. The van der Waals surface area contributed by atoms with Crippen LogP contribution < -0.4 is 10.1 Å². The third-order valence-electron chi connectivity index (χ3n) is 3.78. The van der Waals surface area contributed by atoms with Crippen molar-refractivity contribution in [2.75, 3.05) is 11.9 Å². The Morgan fingerprint density at radius 2 is 1.65 bits per heavy atom. The Balaban J connectivity index is 1.65. The summed E-state index contributed by atoms with van der Waals surface area (Å²) in [4.78, 5) is 26.2. The van der Waals surface area contributed by atoms with E-state index in [1.807, 2.05) is 36.4 Å². The van der Waals surface area contributed by atoms with Gasteiger partial charge >= 0.3 is 6.09 Å². The van der Waals surface area contributed by atoms with Gasteiger partial charge in [-0.1, -0.05) is 36.4 Å². The second-order valence-corrected chi connectivity index (χ2v) is 5.39. The number of carbonyl (C=O) groups excluding carboxylic acids is 2. The molecule has 3 rings (SSSR count). The van der Waals surface area contributed by atoms with Crippen LogP contribution in [0.25, 0.3) is 0 Å². The Morgan fingerprint density at radius 1 is 1.00 bits per heavy atom. The highest BCUT2D eigenvalue weighted by atomic mass is 16.6. The van der Waals surface area contributed by atoms with Crippen molar-refractivity contribution in [3.05, 3.63) is 60.7 Å². The van der Waals surface area contributed by atoms with Gasteiger partial charge < -0.3 is 10.1 Å². The predicted molar refractivity (Wildman–Crippen MR) is 87.3 cm³/mol. The third kappa shape index (κ3) is 3.69. The van der Waals surface area contributed by atoms with E-state index < -0.39 is 12.1 Å². The molecule has 1 N–H and O–H groups in total. The van der Waals surface area contributed by atoms with Crippen molar-refractivity contribution in [1.29, 1.82) is 0 Å². The lowest BCUT2D eigenvalue weighted by molar-refractivity contribution is -0.119. The highest BCUT2D eigenvalue weighted by Gasteiger charge is 2.35. The van der Waals surface area contributed by atoms with E-state index in [1.54, 1.807) is 24.3 Å². The zero-order chi connectivity index (χ0) is 16.1. The number of nitrogens with one attached hydrogen (secondary N) is 1. The van der Waals surface area contributed by atoms with E-state index in [0.29, 0.717) is 18.7 Å². The fourth-order valence-corrected chi connectivity index (χ4v) is 2.65. The van der Waals surface area contributed by atoms with E-state index >= 15 is 0 Å². The van der Waals surface area contributed by atoms with Crippen LogP contribution in [-0.2, 0) is 4.79 Å². The molecule has 1 atom stereocenters. The number of likely N-dealkylation sites (tertiary alicyclic amines) is 1. The molecule has 2 aromatic rings. The summed E-state index contributed by atoms with van der Waals surface area (Å²) in [7, 11) is 0. The first-order valence-electron chi connectivity index (χ1n) is 7.63. The molecule has 0 radical (unpaired) electrons. The minimum atomic E-state index is -0.494. The Morgan fingerprint density at radius 3 is 2.35 bits per heavy atom. The Labute approximate surface area is 134 Å². The topological polar surface area (TPSA) is 58.6 Å². The van der Waals surface area contributed by atoms with Crippen molar-refractivity contribution in [3.63, 3.8) is 0 Å². The van der Waals surface area contributed by atoms with Crippen molar-refractivity contribution in [2.45, 2.75) is 18.9 Å². The number of para-hydroxylation sites is 2. The number of anilines is 1. The first kappa shape index (κ1) is 15.1. The molecule has 2 aromatic carbocycles. The van der Waals surface area contributed by atoms with Crippen LogP contribution in [0.15, 0.2) is 60.7 Å². The van der Waals surface area contributed by atoms with Crippen LogP contribution in [0, 0.1) is 0 Å². The third-order valence-corrected chi connectivity index (χ3v) is 3.78. The molecular formula is C18H18N2O3. The van der Waals surface area contributed by atoms with Gasteiger partial charge in [-0.3, -0.25) is 9.69 Å². The Hall–Kier alpha value is -2.82. The highest BCUT2D eigenvalue weighted by molar-refractivity contribution is 5.97. The smallest absolute Gasteiger partial charge is 0.410 e. The molecule has 2 amide bonds. The van der Waals surface area contributed by atoms with Crippen molar-refractivity contribution >= 4 is 17.7 Å². The molecule has 1 fully saturated rings. The van der Waals surface area contributed by atoms with E-state index in [4.69, 9.17) is 4.74 Å². The minimum Gasteiger partial charge on any atom is -0.410 e. The van der Waals surface area contributed by atoms with Crippen LogP contribution in [-0.4, -0.2) is 29.5 Å². The zero-order valence-corrected chi connectivity index (χ0v) is 12.6. The number of ether oxygens (including phenoxy) is 1. The SMILES string of the molecule is O=C(Nc1ccccc1)[C@H]1CCCN1C(=O)Oc1ccccc1. The summed E-state index contributed by atoms with van der Waals surface area (Å²) in [5.41, 5.74) is 0.723. The molecule has 1 aliphatic heterocycles. The normalized spacial score (nSPS) is 16.9. The van der Waals surface area contributed by atoms with Crippen molar-refractivity contribution in [2.24, 2.45) is 0 Å². The maximum atomic E-state index is 12.4. The first-order chi connectivity index (χ1) is 11.2. The fourth-order valence-electron chi connectivity index (χ4n) is 2.65. The van der Waals surface area contributed by atoms with Crippen LogP contribution in [0.4, 0.5) is 10.5 Å². The number of amides is 2. The van der Waals surface area contributed by atoms with Crippen LogP contribution in [0.3, 0.4) is 0 Å². The maximum Gasteiger partial charge on any atom is 0.415 e. The fraction of sp³-hybridized carbons (Fsp3) is 0.222. The second-order valence-electron chi connectivity index (χ2n) is 5.39. The van der Waals surface area contributed by atoms with Gasteiger partial charge in [0.1, 0.15) is 11.8 Å². The second kappa shape index (κ2) is 6.96. The minimum absolute atomic E-state index is 0.182. The lowest BCUT2D eigenvalue weighted by Crippen LogP contribution is -2.44. The monoisotopic (exact) mass is 310 g/mol. The van der Waals surface area contributed by atoms with Crippen molar-refractivity contribution in [3.8, 4) is 5.75 Å². The molecule has 0 bridgehead atoms. The molecule has 0 saturated carbocycles. The van der Waals surface area contributed by atoms with Gasteiger partial charge in [0, 0.05) is 12.2 Å². The standard InChI is InChI=1S/C18H18N2O3/c21-17(19-14-8-3-1-4-9-14)16-12-7-13-20(16)18(22)23-15-10-5-2-6-11-15/h1-6,8-11,16H,7,12-13H2,(H,19,21)/t16-/m1/s1. The maximum absolute atomic E-state index is 12.4. The average molecular weight is 310 g/mol. The lowest BCUT2D eigenvalue weighted by atomic mass is 10.2. The van der Waals surface area contributed by atoms with E-state index in [9.17, 15) is 9.59 Å². The molecule has 1 saturated heterocycles. The van der Waals surface area contributed by atoms with Crippen LogP contribution in [0.1, 0.15) is 12.8 Å². The predicted octanol–water partition coefficient (Wildman–Crippen LogP) is 3.29. The molecule has 0 unspecified atom stereocenters. The van der Waals surface area contributed by atoms with E-state index in [-0.39, 0.29) is 5.91 Å². The summed E-state index contributed by atoms with van der Waals surface area (Å²) in [6.45, 7) is 0.526. The summed E-state index contributed by atoms with van der Waals surface area (Å²) in [6, 6.07) is 17.6. The molecule has 0 aliphatic carbocycles. The quantitative estimate of drug-likeness (QED) is 0.946. The number of rotatable bonds is 3. The molecule has 1 aliphatic rings. The van der Waals surface area contributed by atoms with Crippen molar-refractivity contribution in [1.82, 2.24) is 4.90 Å². The first-order valence-corrected chi connectivity index (χ1v) is 7.63. The number of nitrogens with zero attached hydrogens (tertiary/aromatic N) is 1. The molecule has 5 heteroatoms. The van der Waals surface area contributed by atoms with Gasteiger partial charge in [0.15, 0.2) is 0 Å². The molecule has 0 spiro atoms. The summed E-state index contributed by atoms with van der Waals surface area (Å²) in [5.74, 6) is 0.297.